The molecule has 4 nitrogen and oxygen atoms in total. The van der Waals surface area contributed by atoms with Crippen LogP contribution in [0.1, 0.15) is 12.5 Å². The van der Waals surface area contributed by atoms with Crippen LogP contribution >= 0.6 is 12.2 Å². The zero-order valence-corrected chi connectivity index (χ0v) is 10.9. The van der Waals surface area contributed by atoms with Crippen LogP contribution in [0.5, 0.6) is 0 Å². The van der Waals surface area contributed by atoms with Crippen molar-refractivity contribution in [3.8, 4) is 0 Å². The van der Waals surface area contributed by atoms with Crippen LogP contribution in [-0.2, 0) is 6.42 Å². The van der Waals surface area contributed by atoms with E-state index in [9.17, 15) is 0 Å². The Balaban J connectivity index is 2.52. The molecule has 1 aromatic carbocycles. The van der Waals surface area contributed by atoms with Gasteiger partial charge in [-0.15, -0.1) is 0 Å². The smallest absolute Gasteiger partial charge is 0.176 e. The van der Waals surface area contributed by atoms with Crippen molar-refractivity contribution in [2.24, 2.45) is 5.73 Å². The number of nitrogens with two attached hydrogens (primary N) is 1. The largest absolute Gasteiger partial charge is 0.376 e. The third kappa shape index (κ3) is 2.46. The number of anilines is 2. The maximum absolute atomic E-state index is 5.81. The van der Waals surface area contributed by atoms with E-state index in [0.29, 0.717) is 5.82 Å². The van der Waals surface area contributed by atoms with Crippen molar-refractivity contribution in [3.63, 3.8) is 0 Å². The fourth-order valence-corrected chi connectivity index (χ4v) is 1.98. The molecule has 0 aliphatic carbocycles. The maximum atomic E-state index is 5.81. The zero-order valence-electron chi connectivity index (χ0n) is 10.1. The van der Waals surface area contributed by atoms with Crippen LogP contribution in [0.4, 0.5) is 11.5 Å². The number of nitrogens with zero attached hydrogens (tertiary/aromatic N) is 3. The van der Waals surface area contributed by atoms with E-state index in [2.05, 4.69) is 23.0 Å². The standard InChI is InChI=1S/C13H14N4S/c1-2-10-5-3-4-6-11(10)17(13(14)18)12-9-15-7-8-16-12/h3-9H,2H2,1H3,(H2,14,18). The van der Waals surface area contributed by atoms with Crippen LogP contribution in [0, 0.1) is 0 Å². The van der Waals surface area contributed by atoms with Gasteiger partial charge in [-0.3, -0.25) is 9.88 Å². The van der Waals surface area contributed by atoms with Gasteiger partial charge in [0, 0.05) is 12.4 Å². The molecule has 0 saturated carbocycles. The minimum atomic E-state index is 0.261. The summed E-state index contributed by atoms with van der Waals surface area (Å²) in [6, 6.07) is 7.98. The zero-order chi connectivity index (χ0) is 13.0. The van der Waals surface area contributed by atoms with Gasteiger partial charge in [-0.05, 0) is 30.3 Å². The molecular weight excluding hydrogens is 244 g/mol. The highest BCUT2D eigenvalue weighted by Crippen LogP contribution is 2.26. The summed E-state index contributed by atoms with van der Waals surface area (Å²) < 4.78 is 0. The quantitative estimate of drug-likeness (QED) is 0.857. The highest BCUT2D eigenvalue weighted by molar-refractivity contribution is 7.80. The lowest BCUT2D eigenvalue weighted by molar-refractivity contribution is 1.09. The second kappa shape index (κ2) is 5.55. The van der Waals surface area contributed by atoms with Crippen LogP contribution in [0.15, 0.2) is 42.9 Å². The Hall–Kier alpha value is -2.01. The summed E-state index contributed by atoms with van der Waals surface area (Å²) in [5.74, 6) is 0.630. The average Bonchev–Trinajstić information content (AvgIpc) is 2.40. The van der Waals surface area contributed by atoms with E-state index >= 15 is 0 Å². The molecule has 5 heteroatoms. The van der Waals surface area contributed by atoms with Gasteiger partial charge >= 0.3 is 0 Å². The van der Waals surface area contributed by atoms with Crippen molar-refractivity contribution in [1.82, 2.24) is 9.97 Å². The van der Waals surface area contributed by atoms with Gasteiger partial charge in [-0.25, -0.2) is 4.98 Å². The Morgan fingerprint density at radius 1 is 1.33 bits per heavy atom. The second-order valence-corrected chi connectivity index (χ2v) is 4.14. The molecule has 0 saturated heterocycles. The highest BCUT2D eigenvalue weighted by Gasteiger charge is 2.15. The third-order valence-electron chi connectivity index (χ3n) is 2.61. The number of aromatic nitrogens is 2. The Bertz CT molecular complexity index is 542. The van der Waals surface area contributed by atoms with Gasteiger partial charge in [0.25, 0.3) is 0 Å². The number of para-hydroxylation sites is 1. The number of benzene rings is 1. The molecule has 0 amide bonds. The maximum Gasteiger partial charge on any atom is 0.176 e. The Morgan fingerprint density at radius 2 is 2.11 bits per heavy atom. The molecule has 92 valence electrons. The molecule has 0 unspecified atom stereocenters. The lowest BCUT2D eigenvalue weighted by Crippen LogP contribution is -2.32. The third-order valence-corrected chi connectivity index (χ3v) is 2.80. The van der Waals surface area contributed by atoms with Crippen molar-refractivity contribution in [2.45, 2.75) is 13.3 Å². The van der Waals surface area contributed by atoms with Crippen LogP contribution in [0.2, 0.25) is 0 Å². The molecule has 2 N–H and O–H groups in total. The molecular formula is C13H14N4S. The summed E-state index contributed by atoms with van der Waals surface area (Å²) in [6.07, 6.45) is 5.78. The number of aryl methyl sites for hydroxylation is 1. The van der Waals surface area contributed by atoms with E-state index in [0.717, 1.165) is 17.7 Å². The number of hydrogen-bond acceptors (Lipinski definition) is 3. The van der Waals surface area contributed by atoms with E-state index in [1.54, 1.807) is 23.5 Å². The Kier molecular flexibility index (Phi) is 3.84. The number of hydrogen-bond donors (Lipinski definition) is 1. The summed E-state index contributed by atoms with van der Waals surface area (Å²) in [6.45, 7) is 2.09. The predicted molar refractivity (Wildman–Crippen MR) is 76.8 cm³/mol. The van der Waals surface area contributed by atoms with Crippen molar-refractivity contribution >= 4 is 28.8 Å². The molecule has 2 rings (SSSR count). The van der Waals surface area contributed by atoms with Crippen molar-refractivity contribution in [1.29, 1.82) is 0 Å². The average molecular weight is 258 g/mol. The first kappa shape index (κ1) is 12.4. The highest BCUT2D eigenvalue weighted by atomic mass is 32.1. The van der Waals surface area contributed by atoms with Gasteiger partial charge in [0.15, 0.2) is 10.9 Å². The first-order valence-electron chi connectivity index (χ1n) is 5.67. The van der Waals surface area contributed by atoms with Gasteiger partial charge < -0.3 is 5.73 Å². The molecule has 0 bridgehead atoms. The lowest BCUT2D eigenvalue weighted by atomic mass is 10.1. The first-order valence-corrected chi connectivity index (χ1v) is 6.08. The topological polar surface area (TPSA) is 55.0 Å². The lowest BCUT2D eigenvalue weighted by Gasteiger charge is -2.23. The van der Waals surface area contributed by atoms with Crippen LogP contribution in [0.25, 0.3) is 0 Å². The van der Waals surface area contributed by atoms with Crippen LogP contribution in [-0.4, -0.2) is 15.1 Å². The summed E-state index contributed by atoms with van der Waals surface area (Å²) >= 11 is 5.12. The van der Waals surface area contributed by atoms with Crippen LogP contribution < -0.4 is 10.6 Å². The molecule has 0 radical (unpaired) electrons. The molecule has 0 atom stereocenters. The Morgan fingerprint density at radius 3 is 2.72 bits per heavy atom. The molecule has 0 aliphatic heterocycles. The van der Waals surface area contributed by atoms with Crippen molar-refractivity contribution in [2.75, 3.05) is 4.90 Å². The SMILES string of the molecule is CCc1ccccc1N(C(N)=S)c1cnccn1. The molecule has 0 spiro atoms. The van der Waals surface area contributed by atoms with E-state index in [4.69, 9.17) is 18.0 Å². The molecule has 1 heterocycles. The van der Waals surface area contributed by atoms with E-state index in [1.165, 1.54) is 0 Å². The van der Waals surface area contributed by atoms with E-state index in [1.807, 2.05) is 18.2 Å². The summed E-state index contributed by atoms with van der Waals surface area (Å²) in [5.41, 5.74) is 7.93. The minimum Gasteiger partial charge on any atom is -0.376 e. The van der Waals surface area contributed by atoms with E-state index < -0.39 is 0 Å². The molecule has 18 heavy (non-hydrogen) atoms. The monoisotopic (exact) mass is 258 g/mol. The molecule has 1 aromatic heterocycles. The van der Waals surface area contributed by atoms with Crippen molar-refractivity contribution < 1.29 is 0 Å². The number of thiocarbonyl (C=S) groups is 1. The summed E-state index contributed by atoms with van der Waals surface area (Å²) in [4.78, 5) is 10.0. The molecule has 2 aromatic rings. The van der Waals surface area contributed by atoms with Gasteiger partial charge in [0.1, 0.15) is 0 Å². The normalized spacial score (nSPS) is 10.1. The van der Waals surface area contributed by atoms with Gasteiger partial charge in [0.2, 0.25) is 0 Å². The fraction of sp³-hybridized carbons (Fsp3) is 0.154. The van der Waals surface area contributed by atoms with Gasteiger partial charge in [-0.1, -0.05) is 25.1 Å². The Labute approximate surface area is 111 Å². The second-order valence-electron chi connectivity index (χ2n) is 3.72. The molecule has 0 fully saturated rings. The number of rotatable bonds is 3. The summed E-state index contributed by atoms with van der Waals surface area (Å²) in [5, 5.41) is 0.261. The minimum absolute atomic E-state index is 0.261. The predicted octanol–water partition coefficient (Wildman–Crippen LogP) is 2.42. The van der Waals surface area contributed by atoms with Crippen molar-refractivity contribution in [3.05, 3.63) is 48.4 Å². The van der Waals surface area contributed by atoms with Crippen LogP contribution in [0.3, 0.4) is 0 Å². The van der Waals surface area contributed by atoms with Gasteiger partial charge in [-0.2, -0.15) is 0 Å². The van der Waals surface area contributed by atoms with Gasteiger partial charge in [0.05, 0.1) is 11.9 Å². The summed E-state index contributed by atoms with van der Waals surface area (Å²) in [7, 11) is 0. The molecule has 0 aliphatic rings. The van der Waals surface area contributed by atoms with E-state index in [-0.39, 0.29) is 5.11 Å². The fourth-order valence-electron chi connectivity index (χ4n) is 1.79. The first-order chi connectivity index (χ1) is 8.74.